The Morgan fingerprint density at radius 1 is 1.00 bits per heavy atom. The van der Waals surface area contributed by atoms with Gasteiger partial charge in [-0.3, -0.25) is 14.1 Å². The van der Waals surface area contributed by atoms with Gasteiger partial charge in [0.1, 0.15) is 0 Å². The van der Waals surface area contributed by atoms with Crippen LogP contribution in [0.1, 0.15) is 0 Å². The van der Waals surface area contributed by atoms with Gasteiger partial charge in [-0.1, -0.05) is 35.9 Å². The van der Waals surface area contributed by atoms with Gasteiger partial charge < -0.3 is 0 Å². The van der Waals surface area contributed by atoms with Crippen molar-refractivity contribution < 1.29 is 8.42 Å². The van der Waals surface area contributed by atoms with Crippen molar-refractivity contribution in [3.63, 3.8) is 0 Å². The zero-order chi connectivity index (χ0) is 19.0. The molecule has 0 saturated heterocycles. The molecule has 0 aliphatic rings. The minimum Gasteiger partial charge on any atom is -0.296 e. The summed E-state index contributed by atoms with van der Waals surface area (Å²) < 4.78 is 27.4. The molecule has 1 N–H and O–H groups in total. The normalized spacial score (nSPS) is 11.6. The Kier molecular flexibility index (Phi) is 4.33. The molecule has 0 saturated carbocycles. The number of nitrogens with zero attached hydrogens (tertiary/aromatic N) is 3. The standard InChI is InChI=1S/C19H15ClN4O2S/c1-27(25,26)23-16-4-2-3-14(9-16)17-12-24-18(10-22-19(24)11-21-17)13-5-7-15(20)8-6-13/h2-12,23H,1H3. The van der Waals surface area contributed by atoms with Gasteiger partial charge in [-0.25, -0.2) is 13.4 Å². The Labute approximate surface area is 161 Å². The maximum atomic E-state index is 11.5. The van der Waals surface area contributed by atoms with Gasteiger partial charge in [-0.05, 0) is 24.3 Å². The molecular weight excluding hydrogens is 384 g/mol. The second-order valence-corrected chi connectivity index (χ2v) is 8.29. The van der Waals surface area contributed by atoms with E-state index in [1.54, 1.807) is 30.6 Å². The molecule has 6 nitrogen and oxygen atoms in total. The first-order valence-corrected chi connectivity index (χ1v) is 10.3. The van der Waals surface area contributed by atoms with Crippen LogP contribution in [0.5, 0.6) is 0 Å². The van der Waals surface area contributed by atoms with Crippen LogP contribution >= 0.6 is 11.6 Å². The molecule has 4 rings (SSSR count). The number of rotatable bonds is 4. The molecule has 2 heterocycles. The Morgan fingerprint density at radius 2 is 1.78 bits per heavy atom. The number of halogens is 1. The van der Waals surface area contributed by atoms with E-state index in [0.29, 0.717) is 22.1 Å². The van der Waals surface area contributed by atoms with Gasteiger partial charge in [0.15, 0.2) is 5.65 Å². The first-order chi connectivity index (χ1) is 12.9. The van der Waals surface area contributed by atoms with E-state index in [0.717, 1.165) is 23.1 Å². The molecule has 0 aliphatic heterocycles. The summed E-state index contributed by atoms with van der Waals surface area (Å²) >= 11 is 5.98. The lowest BCUT2D eigenvalue weighted by Crippen LogP contribution is -2.09. The Balaban J connectivity index is 1.79. The second kappa shape index (κ2) is 6.68. The largest absolute Gasteiger partial charge is 0.296 e. The van der Waals surface area contributed by atoms with Crippen LogP contribution in [0, 0.1) is 0 Å². The average Bonchev–Trinajstić information content (AvgIpc) is 3.04. The van der Waals surface area contributed by atoms with Gasteiger partial charge in [-0.2, -0.15) is 0 Å². The van der Waals surface area contributed by atoms with Gasteiger partial charge >= 0.3 is 0 Å². The van der Waals surface area contributed by atoms with Crippen molar-refractivity contribution in [1.29, 1.82) is 0 Å². The quantitative estimate of drug-likeness (QED) is 0.561. The van der Waals surface area contributed by atoms with Crippen LogP contribution in [-0.2, 0) is 10.0 Å². The van der Waals surface area contributed by atoms with Crippen LogP contribution < -0.4 is 4.72 Å². The molecule has 0 bridgehead atoms. The lowest BCUT2D eigenvalue weighted by Gasteiger charge is -2.08. The summed E-state index contributed by atoms with van der Waals surface area (Å²) in [6.07, 6.45) is 6.47. The van der Waals surface area contributed by atoms with E-state index in [4.69, 9.17) is 11.6 Å². The molecule has 0 fully saturated rings. The second-order valence-electron chi connectivity index (χ2n) is 6.11. The number of hydrogen-bond acceptors (Lipinski definition) is 4. The molecule has 0 amide bonds. The predicted molar refractivity (Wildman–Crippen MR) is 107 cm³/mol. The summed E-state index contributed by atoms with van der Waals surface area (Å²) in [6, 6.07) is 14.6. The van der Waals surface area contributed by atoms with Crippen LogP contribution in [0.25, 0.3) is 28.2 Å². The molecule has 0 atom stereocenters. The van der Waals surface area contributed by atoms with Crippen molar-refractivity contribution in [1.82, 2.24) is 14.4 Å². The van der Waals surface area contributed by atoms with Crippen molar-refractivity contribution in [3.8, 4) is 22.5 Å². The molecule has 136 valence electrons. The third-order valence-electron chi connectivity index (χ3n) is 4.00. The molecule has 8 heteroatoms. The van der Waals surface area contributed by atoms with Gasteiger partial charge in [0, 0.05) is 28.0 Å². The molecule has 0 aliphatic carbocycles. The minimum atomic E-state index is -3.34. The number of aromatic nitrogens is 3. The summed E-state index contributed by atoms with van der Waals surface area (Å²) in [6.45, 7) is 0. The molecule has 2 aromatic heterocycles. The van der Waals surface area contributed by atoms with E-state index >= 15 is 0 Å². The average molecular weight is 399 g/mol. The van der Waals surface area contributed by atoms with E-state index in [-0.39, 0.29) is 0 Å². The topological polar surface area (TPSA) is 76.4 Å². The maximum absolute atomic E-state index is 11.5. The van der Waals surface area contributed by atoms with E-state index in [1.807, 2.05) is 40.9 Å². The van der Waals surface area contributed by atoms with Gasteiger partial charge in [0.2, 0.25) is 10.0 Å². The zero-order valence-electron chi connectivity index (χ0n) is 14.3. The van der Waals surface area contributed by atoms with E-state index in [2.05, 4.69) is 14.7 Å². The highest BCUT2D eigenvalue weighted by Crippen LogP contribution is 2.26. The monoisotopic (exact) mass is 398 g/mol. The third kappa shape index (κ3) is 3.79. The molecule has 27 heavy (non-hydrogen) atoms. The number of anilines is 1. The van der Waals surface area contributed by atoms with Crippen molar-refractivity contribution in [2.24, 2.45) is 0 Å². The van der Waals surface area contributed by atoms with Crippen molar-refractivity contribution in [2.75, 3.05) is 11.0 Å². The fourth-order valence-corrected chi connectivity index (χ4v) is 3.51. The zero-order valence-corrected chi connectivity index (χ0v) is 15.9. The predicted octanol–water partition coefficient (Wildman–Crippen LogP) is 4.09. The highest BCUT2D eigenvalue weighted by Gasteiger charge is 2.10. The number of imidazole rings is 1. The summed E-state index contributed by atoms with van der Waals surface area (Å²) in [4.78, 5) is 8.85. The van der Waals surface area contributed by atoms with Crippen LogP contribution in [0.2, 0.25) is 5.02 Å². The number of benzene rings is 2. The maximum Gasteiger partial charge on any atom is 0.229 e. The number of hydrogen-bond donors (Lipinski definition) is 1. The van der Waals surface area contributed by atoms with Gasteiger partial charge in [-0.15, -0.1) is 0 Å². The Hall–Kier alpha value is -2.90. The molecule has 0 spiro atoms. The van der Waals surface area contributed by atoms with Crippen LogP contribution in [0.4, 0.5) is 5.69 Å². The van der Waals surface area contributed by atoms with E-state index in [9.17, 15) is 8.42 Å². The fourth-order valence-electron chi connectivity index (χ4n) is 2.83. The summed E-state index contributed by atoms with van der Waals surface area (Å²) in [7, 11) is -3.34. The van der Waals surface area contributed by atoms with Crippen molar-refractivity contribution in [3.05, 3.63) is 72.1 Å². The minimum absolute atomic E-state index is 0.487. The Bertz CT molecular complexity index is 1230. The first-order valence-electron chi connectivity index (χ1n) is 8.06. The van der Waals surface area contributed by atoms with Crippen LogP contribution in [0.3, 0.4) is 0 Å². The molecule has 0 unspecified atom stereocenters. The molecule has 4 aromatic rings. The first kappa shape index (κ1) is 17.5. The highest BCUT2D eigenvalue weighted by atomic mass is 35.5. The van der Waals surface area contributed by atoms with Crippen molar-refractivity contribution in [2.45, 2.75) is 0 Å². The lowest BCUT2D eigenvalue weighted by molar-refractivity contribution is 0.607. The SMILES string of the molecule is CS(=O)(=O)Nc1cccc(-c2cn3c(-c4ccc(Cl)cc4)cnc3cn2)c1. The molecule has 0 radical (unpaired) electrons. The number of fused-ring (bicyclic) bond motifs is 1. The summed E-state index contributed by atoms with van der Waals surface area (Å²) in [5, 5.41) is 0.671. The van der Waals surface area contributed by atoms with Crippen LogP contribution in [0.15, 0.2) is 67.1 Å². The smallest absolute Gasteiger partial charge is 0.229 e. The summed E-state index contributed by atoms with van der Waals surface area (Å²) in [5.41, 5.74) is 4.59. The van der Waals surface area contributed by atoms with E-state index < -0.39 is 10.0 Å². The summed E-state index contributed by atoms with van der Waals surface area (Å²) in [5.74, 6) is 0. The Morgan fingerprint density at radius 3 is 2.52 bits per heavy atom. The number of nitrogens with one attached hydrogen (secondary N) is 1. The van der Waals surface area contributed by atoms with Gasteiger partial charge in [0.05, 0.1) is 30.0 Å². The lowest BCUT2D eigenvalue weighted by atomic mass is 10.1. The highest BCUT2D eigenvalue weighted by molar-refractivity contribution is 7.92. The number of sulfonamides is 1. The van der Waals surface area contributed by atoms with Crippen molar-refractivity contribution >= 4 is 33.0 Å². The van der Waals surface area contributed by atoms with Gasteiger partial charge in [0.25, 0.3) is 0 Å². The molecular formula is C19H15ClN4O2S. The fraction of sp³-hybridized carbons (Fsp3) is 0.0526. The van der Waals surface area contributed by atoms with E-state index in [1.165, 1.54) is 0 Å². The molecule has 2 aromatic carbocycles. The third-order valence-corrected chi connectivity index (χ3v) is 4.86. The van der Waals surface area contributed by atoms with Crippen LogP contribution in [-0.4, -0.2) is 29.0 Å².